The molecule has 0 aliphatic carbocycles. The predicted octanol–water partition coefficient (Wildman–Crippen LogP) is 3.82. The molecule has 3 aromatic rings. The maximum absolute atomic E-state index is 12.8. The van der Waals surface area contributed by atoms with E-state index in [4.69, 9.17) is 0 Å². The zero-order valence-electron chi connectivity index (χ0n) is 15.9. The molecule has 3 rings (SSSR count). The van der Waals surface area contributed by atoms with Crippen molar-refractivity contribution in [2.24, 2.45) is 4.99 Å². The predicted molar refractivity (Wildman–Crippen MR) is 106 cm³/mol. The molecular formula is C21H22F3N5. The highest BCUT2D eigenvalue weighted by molar-refractivity contribution is 5.79. The second-order valence-corrected chi connectivity index (χ2v) is 6.53. The van der Waals surface area contributed by atoms with E-state index in [-0.39, 0.29) is 6.54 Å². The van der Waals surface area contributed by atoms with Gasteiger partial charge in [-0.05, 0) is 28.8 Å². The molecule has 2 aromatic carbocycles. The van der Waals surface area contributed by atoms with E-state index in [1.165, 1.54) is 11.6 Å². The minimum atomic E-state index is -4.35. The Hall–Kier alpha value is -3.29. The van der Waals surface area contributed by atoms with E-state index in [2.05, 4.69) is 32.7 Å². The highest BCUT2D eigenvalue weighted by Gasteiger charge is 2.30. The van der Waals surface area contributed by atoms with Crippen molar-refractivity contribution in [1.82, 2.24) is 20.2 Å². The van der Waals surface area contributed by atoms with Crippen LogP contribution in [0.1, 0.15) is 22.3 Å². The van der Waals surface area contributed by atoms with Gasteiger partial charge in [0.2, 0.25) is 0 Å². The first kappa shape index (κ1) is 20.4. The molecule has 0 saturated carbocycles. The number of hydrogen-bond acceptors (Lipinski definition) is 2. The first-order valence-electron chi connectivity index (χ1n) is 9.08. The maximum Gasteiger partial charge on any atom is 0.416 e. The summed E-state index contributed by atoms with van der Waals surface area (Å²) in [6.07, 6.45) is 1.08. The first-order valence-corrected chi connectivity index (χ1v) is 9.08. The molecule has 29 heavy (non-hydrogen) atoms. The van der Waals surface area contributed by atoms with E-state index in [1.807, 2.05) is 22.9 Å². The van der Waals surface area contributed by atoms with E-state index < -0.39 is 11.7 Å². The van der Waals surface area contributed by atoms with E-state index in [0.29, 0.717) is 18.1 Å². The fourth-order valence-corrected chi connectivity index (χ4v) is 2.80. The minimum absolute atomic E-state index is 0.243. The number of guanidine groups is 1. The van der Waals surface area contributed by atoms with Crippen molar-refractivity contribution >= 4 is 5.96 Å². The van der Waals surface area contributed by atoms with E-state index in [0.717, 1.165) is 24.2 Å². The second-order valence-electron chi connectivity index (χ2n) is 6.53. The van der Waals surface area contributed by atoms with Gasteiger partial charge in [-0.3, -0.25) is 4.99 Å². The summed E-state index contributed by atoms with van der Waals surface area (Å²) in [6, 6.07) is 13.4. The Morgan fingerprint density at radius 1 is 1.00 bits per heavy atom. The van der Waals surface area contributed by atoms with Gasteiger partial charge < -0.3 is 15.2 Å². The molecule has 1 aromatic heterocycles. The molecule has 5 nitrogen and oxygen atoms in total. The van der Waals surface area contributed by atoms with Crippen LogP contribution >= 0.6 is 0 Å². The second kappa shape index (κ2) is 9.27. The van der Waals surface area contributed by atoms with Crippen LogP contribution < -0.4 is 10.6 Å². The maximum atomic E-state index is 12.8. The molecule has 0 unspecified atom stereocenters. The third-order valence-corrected chi connectivity index (χ3v) is 4.35. The van der Waals surface area contributed by atoms with Gasteiger partial charge in [-0.25, -0.2) is 4.98 Å². The van der Waals surface area contributed by atoms with Gasteiger partial charge in [-0.2, -0.15) is 13.2 Å². The summed E-state index contributed by atoms with van der Waals surface area (Å²) in [5, 5.41) is 6.20. The number of nitrogens with zero attached hydrogens (tertiary/aromatic N) is 3. The van der Waals surface area contributed by atoms with E-state index >= 15 is 0 Å². The Bertz CT molecular complexity index is 932. The largest absolute Gasteiger partial charge is 0.416 e. The van der Waals surface area contributed by atoms with Crippen molar-refractivity contribution in [2.45, 2.75) is 25.8 Å². The van der Waals surface area contributed by atoms with Crippen molar-refractivity contribution in [3.8, 4) is 0 Å². The molecule has 0 aliphatic heterocycles. The Balaban J connectivity index is 1.50. The van der Waals surface area contributed by atoms with Gasteiger partial charge >= 0.3 is 6.18 Å². The molecule has 0 radical (unpaired) electrons. The zero-order chi connectivity index (χ0) is 20.7. The average Bonchev–Trinajstić information content (AvgIpc) is 3.22. The number of alkyl halides is 3. The van der Waals surface area contributed by atoms with Gasteiger partial charge in [0, 0.05) is 39.1 Å². The third-order valence-electron chi connectivity index (χ3n) is 4.35. The SMILES string of the molecule is CN=C(NCc1ccc(Cn2ccnc2)cc1)NCc1cccc(C(F)(F)F)c1. The number of benzene rings is 2. The number of hydrogen-bond donors (Lipinski definition) is 2. The highest BCUT2D eigenvalue weighted by atomic mass is 19.4. The molecule has 0 fully saturated rings. The lowest BCUT2D eigenvalue weighted by atomic mass is 10.1. The number of aromatic nitrogens is 2. The summed E-state index contributed by atoms with van der Waals surface area (Å²) in [5.74, 6) is 0.518. The van der Waals surface area contributed by atoms with Gasteiger partial charge in [0.1, 0.15) is 0 Å². The minimum Gasteiger partial charge on any atom is -0.352 e. The Morgan fingerprint density at radius 2 is 1.69 bits per heavy atom. The monoisotopic (exact) mass is 401 g/mol. The van der Waals surface area contributed by atoms with E-state index in [1.54, 1.807) is 25.6 Å². The molecule has 0 aliphatic rings. The molecular weight excluding hydrogens is 379 g/mol. The van der Waals surface area contributed by atoms with Gasteiger partial charge in [0.15, 0.2) is 5.96 Å². The van der Waals surface area contributed by atoms with Gasteiger partial charge in [0.25, 0.3) is 0 Å². The Labute approximate surface area is 167 Å². The van der Waals surface area contributed by atoms with Crippen molar-refractivity contribution in [3.63, 3.8) is 0 Å². The van der Waals surface area contributed by atoms with Crippen LogP contribution in [0.15, 0.2) is 72.2 Å². The molecule has 0 amide bonds. The van der Waals surface area contributed by atoms with Gasteiger partial charge in [-0.15, -0.1) is 0 Å². The van der Waals surface area contributed by atoms with Crippen LogP contribution in [0.25, 0.3) is 0 Å². The number of halogens is 3. The van der Waals surface area contributed by atoms with Gasteiger partial charge in [-0.1, -0.05) is 36.4 Å². The summed E-state index contributed by atoms with van der Waals surface area (Å²) >= 11 is 0. The molecule has 1 heterocycles. The number of imidazole rings is 1. The fraction of sp³-hybridized carbons (Fsp3) is 0.238. The van der Waals surface area contributed by atoms with Crippen molar-refractivity contribution in [3.05, 3.63) is 89.5 Å². The molecule has 152 valence electrons. The van der Waals surface area contributed by atoms with Crippen molar-refractivity contribution in [2.75, 3.05) is 7.05 Å². The summed E-state index contributed by atoms with van der Waals surface area (Å²) in [5.41, 5.74) is 2.11. The molecule has 0 atom stereocenters. The lowest BCUT2D eigenvalue weighted by Crippen LogP contribution is -2.36. The average molecular weight is 401 g/mol. The normalized spacial score (nSPS) is 12.1. The number of nitrogens with one attached hydrogen (secondary N) is 2. The molecule has 2 N–H and O–H groups in total. The standard InChI is InChI=1S/C21H22F3N5/c1-25-20(28-13-18-3-2-4-19(11-18)21(22,23)24)27-12-16-5-7-17(8-6-16)14-29-10-9-26-15-29/h2-11,15H,12-14H2,1H3,(H2,25,27,28). The summed E-state index contributed by atoms with van der Waals surface area (Å²) in [4.78, 5) is 8.15. The van der Waals surface area contributed by atoms with Gasteiger partial charge in [0.05, 0.1) is 11.9 Å². The molecule has 0 bridgehead atoms. The molecule has 0 spiro atoms. The van der Waals surface area contributed by atoms with E-state index in [9.17, 15) is 13.2 Å². The highest BCUT2D eigenvalue weighted by Crippen LogP contribution is 2.29. The third kappa shape index (κ3) is 6.10. The number of rotatable bonds is 6. The van der Waals surface area contributed by atoms with Crippen LogP contribution in [0, 0.1) is 0 Å². The Morgan fingerprint density at radius 3 is 2.31 bits per heavy atom. The van der Waals surface area contributed by atoms with Crippen molar-refractivity contribution < 1.29 is 13.2 Å². The van der Waals surface area contributed by atoms with Crippen LogP contribution in [0.3, 0.4) is 0 Å². The quantitative estimate of drug-likeness (QED) is 0.488. The lowest BCUT2D eigenvalue weighted by Gasteiger charge is -2.13. The van der Waals surface area contributed by atoms with Crippen molar-refractivity contribution in [1.29, 1.82) is 0 Å². The summed E-state index contributed by atoms with van der Waals surface area (Å²) in [6.45, 7) is 1.55. The number of aliphatic imine (C=N–C) groups is 1. The Kier molecular flexibility index (Phi) is 6.54. The van der Waals surface area contributed by atoms with Crippen LogP contribution in [0.2, 0.25) is 0 Å². The van der Waals surface area contributed by atoms with Crippen LogP contribution in [-0.4, -0.2) is 22.6 Å². The zero-order valence-corrected chi connectivity index (χ0v) is 15.9. The smallest absolute Gasteiger partial charge is 0.352 e. The van der Waals surface area contributed by atoms with Crippen LogP contribution in [0.5, 0.6) is 0 Å². The molecule has 0 saturated heterocycles. The fourth-order valence-electron chi connectivity index (χ4n) is 2.80. The topological polar surface area (TPSA) is 54.2 Å². The summed E-state index contributed by atoms with van der Waals surface area (Å²) in [7, 11) is 1.62. The molecule has 8 heteroatoms. The first-order chi connectivity index (χ1) is 13.9. The lowest BCUT2D eigenvalue weighted by molar-refractivity contribution is -0.137. The van der Waals surface area contributed by atoms with Crippen LogP contribution in [-0.2, 0) is 25.8 Å². The summed E-state index contributed by atoms with van der Waals surface area (Å²) < 4.78 is 40.4. The van der Waals surface area contributed by atoms with Crippen LogP contribution in [0.4, 0.5) is 13.2 Å².